The maximum Gasteiger partial charge on any atom is 0.156 e. The molecule has 1 heterocycles. The van der Waals surface area contributed by atoms with Gasteiger partial charge in [-0.25, -0.2) is 9.97 Å². The van der Waals surface area contributed by atoms with Crippen LogP contribution in [0.1, 0.15) is 28.9 Å². The Morgan fingerprint density at radius 1 is 1.42 bits per heavy atom. The van der Waals surface area contributed by atoms with Crippen LogP contribution in [0.25, 0.3) is 0 Å². The minimum Gasteiger partial charge on any atom is -0.363 e. The van der Waals surface area contributed by atoms with Gasteiger partial charge in [0.1, 0.15) is 17.3 Å². The summed E-state index contributed by atoms with van der Waals surface area (Å²) < 4.78 is 0.995. The Morgan fingerprint density at radius 3 is 2.89 bits per heavy atom. The molecule has 0 amide bonds. The van der Waals surface area contributed by atoms with Gasteiger partial charge in [0, 0.05) is 4.47 Å². The van der Waals surface area contributed by atoms with Crippen LogP contribution >= 0.6 is 27.5 Å². The summed E-state index contributed by atoms with van der Waals surface area (Å²) in [7, 11) is 0. The highest BCUT2D eigenvalue weighted by Gasteiger charge is 2.12. The van der Waals surface area contributed by atoms with Crippen molar-refractivity contribution < 1.29 is 4.79 Å². The van der Waals surface area contributed by atoms with Gasteiger partial charge < -0.3 is 5.32 Å². The summed E-state index contributed by atoms with van der Waals surface area (Å²) in [5.74, 6) is 0.433. The molecule has 2 aromatic rings. The summed E-state index contributed by atoms with van der Waals surface area (Å²) in [6.07, 6.45) is 1.98. The first-order valence-corrected chi connectivity index (χ1v) is 6.76. The number of carbonyl (C=O) groups excluding carboxylic acids is 1. The minimum absolute atomic E-state index is 0.0119. The Hall–Kier alpha value is -1.46. The highest BCUT2D eigenvalue weighted by atomic mass is 79.9. The topological polar surface area (TPSA) is 54.9 Å². The zero-order valence-corrected chi connectivity index (χ0v) is 12.4. The normalized spacial score (nSPS) is 11.9. The summed E-state index contributed by atoms with van der Waals surface area (Å²) in [4.78, 5) is 18.8. The van der Waals surface area contributed by atoms with Crippen LogP contribution in [0.5, 0.6) is 0 Å². The van der Waals surface area contributed by atoms with E-state index in [0.29, 0.717) is 12.1 Å². The fraction of sp³-hybridized carbons (Fsp3) is 0.154. The van der Waals surface area contributed by atoms with E-state index < -0.39 is 0 Å². The Kier molecular flexibility index (Phi) is 4.50. The van der Waals surface area contributed by atoms with Crippen molar-refractivity contribution in [2.45, 2.75) is 13.0 Å². The lowest BCUT2D eigenvalue weighted by Gasteiger charge is -2.16. The van der Waals surface area contributed by atoms with E-state index >= 15 is 0 Å². The van der Waals surface area contributed by atoms with Crippen molar-refractivity contribution >= 4 is 39.6 Å². The fourth-order valence-electron chi connectivity index (χ4n) is 1.66. The van der Waals surface area contributed by atoms with E-state index in [9.17, 15) is 4.79 Å². The molecule has 19 heavy (non-hydrogen) atoms. The van der Waals surface area contributed by atoms with Gasteiger partial charge >= 0.3 is 0 Å². The van der Waals surface area contributed by atoms with Gasteiger partial charge in [-0.2, -0.15) is 0 Å². The molecule has 0 radical (unpaired) electrons. The molecule has 1 aromatic carbocycles. The highest BCUT2D eigenvalue weighted by Crippen LogP contribution is 2.24. The monoisotopic (exact) mass is 339 g/mol. The second kappa shape index (κ2) is 6.12. The van der Waals surface area contributed by atoms with E-state index in [1.54, 1.807) is 0 Å². The van der Waals surface area contributed by atoms with E-state index in [2.05, 4.69) is 31.2 Å². The van der Waals surface area contributed by atoms with E-state index in [1.807, 2.05) is 31.2 Å². The quantitative estimate of drug-likeness (QED) is 0.678. The van der Waals surface area contributed by atoms with E-state index in [4.69, 9.17) is 11.6 Å². The maximum atomic E-state index is 11.0. The zero-order valence-electron chi connectivity index (χ0n) is 10.1. The third-order valence-corrected chi connectivity index (χ3v) is 3.45. The standard InChI is InChI=1S/C13H11BrClN3O/c1-8(9-3-2-4-10(14)5-9)18-13-11(6-19)12(15)16-7-17-13/h2-8H,1H3,(H,16,17,18). The number of benzene rings is 1. The second-order valence-corrected chi connectivity index (χ2v) is 5.24. The molecule has 2 rings (SSSR count). The van der Waals surface area contributed by atoms with Gasteiger partial charge in [-0.05, 0) is 24.6 Å². The van der Waals surface area contributed by atoms with Crippen molar-refractivity contribution in [2.24, 2.45) is 0 Å². The van der Waals surface area contributed by atoms with Gasteiger partial charge in [0.05, 0.1) is 11.6 Å². The van der Waals surface area contributed by atoms with Crippen molar-refractivity contribution in [1.29, 1.82) is 0 Å². The van der Waals surface area contributed by atoms with Gasteiger partial charge in [0.25, 0.3) is 0 Å². The summed E-state index contributed by atoms with van der Waals surface area (Å²) in [6.45, 7) is 1.98. The van der Waals surface area contributed by atoms with Gasteiger partial charge in [-0.3, -0.25) is 4.79 Å². The lowest BCUT2D eigenvalue weighted by atomic mass is 10.1. The molecule has 0 aliphatic rings. The van der Waals surface area contributed by atoms with Crippen LogP contribution < -0.4 is 5.32 Å². The SMILES string of the molecule is CC(Nc1ncnc(Cl)c1C=O)c1cccc(Br)c1. The Balaban J connectivity index is 2.26. The highest BCUT2D eigenvalue weighted by molar-refractivity contribution is 9.10. The van der Waals surface area contributed by atoms with E-state index in [0.717, 1.165) is 10.0 Å². The number of aldehydes is 1. The van der Waals surface area contributed by atoms with Crippen molar-refractivity contribution in [3.8, 4) is 0 Å². The molecule has 1 atom stereocenters. The van der Waals surface area contributed by atoms with Crippen LogP contribution in [0, 0.1) is 0 Å². The molecule has 0 fully saturated rings. The van der Waals surface area contributed by atoms with Crippen molar-refractivity contribution in [2.75, 3.05) is 5.32 Å². The van der Waals surface area contributed by atoms with E-state index in [-0.39, 0.29) is 16.8 Å². The molecule has 1 aromatic heterocycles. The molecule has 6 heteroatoms. The third-order valence-electron chi connectivity index (χ3n) is 2.66. The number of nitrogens with zero attached hydrogens (tertiary/aromatic N) is 2. The number of halogens is 2. The summed E-state index contributed by atoms with van der Waals surface area (Å²) >= 11 is 9.28. The molecule has 0 bridgehead atoms. The van der Waals surface area contributed by atoms with Gasteiger partial charge in [0.15, 0.2) is 6.29 Å². The molecule has 0 saturated heterocycles. The Bertz CT molecular complexity index is 606. The Morgan fingerprint density at radius 2 is 2.21 bits per heavy atom. The Labute approximate surface area is 124 Å². The third kappa shape index (κ3) is 3.30. The first-order chi connectivity index (χ1) is 9.11. The molecule has 0 spiro atoms. The number of hydrogen-bond donors (Lipinski definition) is 1. The molecule has 0 saturated carbocycles. The molecule has 1 unspecified atom stereocenters. The average molecular weight is 341 g/mol. The van der Waals surface area contributed by atoms with Crippen molar-refractivity contribution in [1.82, 2.24) is 9.97 Å². The predicted octanol–water partition coefficient (Wildman–Crippen LogP) is 3.88. The lowest BCUT2D eigenvalue weighted by Crippen LogP contribution is -2.10. The summed E-state index contributed by atoms with van der Waals surface area (Å²) in [5, 5.41) is 3.31. The van der Waals surface area contributed by atoms with Crippen LogP contribution in [0.15, 0.2) is 35.1 Å². The lowest BCUT2D eigenvalue weighted by molar-refractivity contribution is 0.112. The summed E-state index contributed by atoms with van der Waals surface area (Å²) in [6, 6.07) is 7.88. The first-order valence-electron chi connectivity index (χ1n) is 5.59. The average Bonchev–Trinajstić information content (AvgIpc) is 2.39. The van der Waals surface area contributed by atoms with Crippen molar-refractivity contribution in [3.05, 3.63) is 51.3 Å². The minimum atomic E-state index is -0.0119. The number of aromatic nitrogens is 2. The number of nitrogens with one attached hydrogen (secondary N) is 1. The van der Waals surface area contributed by atoms with Gasteiger partial charge in [-0.1, -0.05) is 39.7 Å². The number of rotatable bonds is 4. The molecule has 0 aliphatic heterocycles. The van der Waals surface area contributed by atoms with Crippen LogP contribution in [0.2, 0.25) is 5.15 Å². The number of carbonyl (C=O) groups is 1. The fourth-order valence-corrected chi connectivity index (χ4v) is 2.25. The molecular weight excluding hydrogens is 330 g/mol. The summed E-state index contributed by atoms with van der Waals surface area (Å²) in [5.41, 5.74) is 1.34. The molecule has 1 N–H and O–H groups in total. The van der Waals surface area contributed by atoms with Gasteiger partial charge in [0.2, 0.25) is 0 Å². The number of anilines is 1. The van der Waals surface area contributed by atoms with Crippen molar-refractivity contribution in [3.63, 3.8) is 0 Å². The van der Waals surface area contributed by atoms with Crippen LogP contribution in [0.4, 0.5) is 5.82 Å². The van der Waals surface area contributed by atoms with Crippen LogP contribution in [-0.4, -0.2) is 16.3 Å². The second-order valence-electron chi connectivity index (χ2n) is 3.97. The van der Waals surface area contributed by atoms with Crippen LogP contribution in [0.3, 0.4) is 0 Å². The molecule has 98 valence electrons. The number of hydrogen-bond acceptors (Lipinski definition) is 4. The molecular formula is C13H11BrClN3O. The first kappa shape index (κ1) is 14.0. The van der Waals surface area contributed by atoms with E-state index in [1.165, 1.54) is 6.33 Å². The maximum absolute atomic E-state index is 11.0. The predicted molar refractivity (Wildman–Crippen MR) is 78.6 cm³/mol. The smallest absolute Gasteiger partial charge is 0.156 e. The zero-order chi connectivity index (χ0) is 13.8. The van der Waals surface area contributed by atoms with Gasteiger partial charge in [-0.15, -0.1) is 0 Å². The largest absolute Gasteiger partial charge is 0.363 e. The molecule has 0 aliphatic carbocycles. The van der Waals surface area contributed by atoms with Crippen LogP contribution in [-0.2, 0) is 0 Å². The molecule has 4 nitrogen and oxygen atoms in total.